The highest BCUT2D eigenvalue weighted by Gasteiger charge is 2.05. The second-order valence-electron chi connectivity index (χ2n) is 4.71. The Morgan fingerprint density at radius 2 is 2.00 bits per heavy atom. The molecule has 1 amide bonds. The summed E-state index contributed by atoms with van der Waals surface area (Å²) in [4.78, 5) is 11.8. The van der Waals surface area contributed by atoms with E-state index in [0.717, 1.165) is 30.3 Å². The molecule has 0 saturated heterocycles. The van der Waals surface area contributed by atoms with E-state index in [0.29, 0.717) is 6.42 Å². The van der Waals surface area contributed by atoms with Crippen LogP contribution in [0.3, 0.4) is 0 Å². The van der Waals surface area contributed by atoms with Crippen LogP contribution in [0, 0.1) is 13.8 Å². The van der Waals surface area contributed by atoms with Crippen molar-refractivity contribution in [3.63, 3.8) is 0 Å². The van der Waals surface area contributed by atoms with Crippen molar-refractivity contribution >= 4 is 21.8 Å². The van der Waals surface area contributed by atoms with E-state index in [4.69, 9.17) is 0 Å². The van der Waals surface area contributed by atoms with Gasteiger partial charge in [0.1, 0.15) is 0 Å². The molecule has 0 radical (unpaired) electrons. The lowest BCUT2D eigenvalue weighted by molar-refractivity contribution is -0.120. The first-order valence-corrected chi connectivity index (χ1v) is 7.64. The van der Waals surface area contributed by atoms with Gasteiger partial charge in [-0.05, 0) is 37.8 Å². The number of aryl methyl sites for hydroxylation is 2. The van der Waals surface area contributed by atoms with Crippen LogP contribution in [0.5, 0.6) is 0 Å². The topological polar surface area (TPSA) is 29.1 Å². The summed E-state index contributed by atoms with van der Waals surface area (Å²) >= 11 is 3.40. The Morgan fingerprint density at radius 3 is 2.72 bits per heavy atom. The molecule has 0 aliphatic carbocycles. The molecule has 100 valence electrons. The van der Waals surface area contributed by atoms with Crippen molar-refractivity contribution in [2.45, 2.75) is 39.5 Å². The monoisotopic (exact) mass is 311 g/mol. The van der Waals surface area contributed by atoms with Gasteiger partial charge in [-0.25, -0.2) is 0 Å². The van der Waals surface area contributed by atoms with Gasteiger partial charge in [-0.1, -0.05) is 46.1 Å². The Morgan fingerprint density at radius 1 is 1.22 bits per heavy atom. The number of rotatable bonds is 7. The van der Waals surface area contributed by atoms with E-state index in [-0.39, 0.29) is 5.91 Å². The van der Waals surface area contributed by atoms with Crippen LogP contribution < -0.4 is 5.32 Å². The number of carbonyl (C=O) groups excluding carboxylic acids is 1. The van der Waals surface area contributed by atoms with Crippen LogP contribution in [0.15, 0.2) is 18.2 Å². The van der Waals surface area contributed by atoms with Crippen LogP contribution in [-0.4, -0.2) is 17.8 Å². The van der Waals surface area contributed by atoms with Gasteiger partial charge in [0, 0.05) is 11.9 Å². The zero-order chi connectivity index (χ0) is 13.4. The zero-order valence-corrected chi connectivity index (χ0v) is 12.8. The standard InChI is InChI=1S/C15H22BrNO/c1-12-6-7-13(2)14(10-12)11-15(18)17-9-5-3-4-8-16/h6-7,10H,3-5,8-9,11H2,1-2H3,(H,17,18). The number of halogens is 1. The van der Waals surface area contributed by atoms with Crippen LogP contribution in [-0.2, 0) is 11.2 Å². The molecule has 0 fully saturated rings. The number of alkyl halides is 1. The van der Waals surface area contributed by atoms with Gasteiger partial charge in [0.15, 0.2) is 0 Å². The maximum absolute atomic E-state index is 11.8. The number of nitrogens with one attached hydrogen (secondary N) is 1. The predicted octanol–water partition coefficient (Wildman–Crippen LogP) is 3.53. The average Bonchev–Trinajstić information content (AvgIpc) is 2.33. The second-order valence-corrected chi connectivity index (χ2v) is 5.50. The quantitative estimate of drug-likeness (QED) is 0.606. The van der Waals surface area contributed by atoms with E-state index < -0.39 is 0 Å². The molecule has 0 heterocycles. The maximum Gasteiger partial charge on any atom is 0.224 e. The molecule has 1 N–H and O–H groups in total. The van der Waals surface area contributed by atoms with Gasteiger partial charge in [-0.3, -0.25) is 4.79 Å². The number of amides is 1. The van der Waals surface area contributed by atoms with E-state index in [1.165, 1.54) is 17.5 Å². The second kappa shape index (κ2) is 8.30. The Kier molecular flexibility index (Phi) is 7.02. The lowest BCUT2D eigenvalue weighted by atomic mass is 10.0. The number of carbonyl (C=O) groups is 1. The van der Waals surface area contributed by atoms with E-state index in [1.807, 2.05) is 0 Å². The lowest BCUT2D eigenvalue weighted by Crippen LogP contribution is -2.26. The summed E-state index contributed by atoms with van der Waals surface area (Å²) < 4.78 is 0. The molecule has 18 heavy (non-hydrogen) atoms. The predicted molar refractivity (Wildman–Crippen MR) is 80.3 cm³/mol. The summed E-state index contributed by atoms with van der Waals surface area (Å²) in [6.45, 7) is 4.90. The van der Waals surface area contributed by atoms with Crippen LogP contribution in [0.2, 0.25) is 0 Å². The Labute approximate surface area is 118 Å². The minimum atomic E-state index is 0.127. The van der Waals surface area contributed by atoms with Gasteiger partial charge in [-0.15, -0.1) is 0 Å². The molecule has 1 rings (SSSR count). The molecule has 2 nitrogen and oxygen atoms in total. The molecular weight excluding hydrogens is 290 g/mol. The lowest BCUT2D eigenvalue weighted by Gasteiger charge is -2.08. The Hall–Kier alpha value is -0.830. The van der Waals surface area contributed by atoms with Crippen molar-refractivity contribution in [2.75, 3.05) is 11.9 Å². The first kappa shape index (κ1) is 15.2. The third-order valence-corrected chi connectivity index (χ3v) is 3.55. The summed E-state index contributed by atoms with van der Waals surface area (Å²) in [6.07, 6.45) is 3.89. The molecule has 1 aromatic rings. The van der Waals surface area contributed by atoms with E-state index in [2.05, 4.69) is 53.3 Å². The molecule has 0 saturated carbocycles. The summed E-state index contributed by atoms with van der Waals surface area (Å²) in [5.41, 5.74) is 3.53. The Bertz CT molecular complexity index is 390. The first-order valence-electron chi connectivity index (χ1n) is 6.52. The summed E-state index contributed by atoms with van der Waals surface area (Å²) in [7, 11) is 0. The average molecular weight is 312 g/mol. The number of benzene rings is 1. The third kappa shape index (κ3) is 5.67. The summed E-state index contributed by atoms with van der Waals surface area (Å²) in [5.74, 6) is 0.127. The van der Waals surface area contributed by atoms with Gasteiger partial charge in [0.2, 0.25) is 5.91 Å². The minimum absolute atomic E-state index is 0.127. The molecule has 0 aliphatic heterocycles. The first-order chi connectivity index (χ1) is 8.63. The number of unbranched alkanes of at least 4 members (excludes halogenated alkanes) is 2. The van der Waals surface area contributed by atoms with Crippen LogP contribution in [0.25, 0.3) is 0 Å². The fourth-order valence-electron chi connectivity index (χ4n) is 1.85. The number of hydrogen-bond donors (Lipinski definition) is 1. The maximum atomic E-state index is 11.8. The van der Waals surface area contributed by atoms with Crippen molar-refractivity contribution in [3.05, 3.63) is 34.9 Å². The highest BCUT2D eigenvalue weighted by atomic mass is 79.9. The van der Waals surface area contributed by atoms with Gasteiger partial charge in [0.25, 0.3) is 0 Å². The molecule has 0 aromatic heterocycles. The number of hydrogen-bond acceptors (Lipinski definition) is 1. The van der Waals surface area contributed by atoms with Crippen molar-refractivity contribution in [1.82, 2.24) is 5.32 Å². The molecule has 3 heteroatoms. The SMILES string of the molecule is Cc1ccc(C)c(CC(=O)NCCCCCBr)c1. The molecule has 0 bridgehead atoms. The molecular formula is C15H22BrNO. The third-order valence-electron chi connectivity index (χ3n) is 2.99. The fraction of sp³-hybridized carbons (Fsp3) is 0.533. The molecule has 1 aromatic carbocycles. The van der Waals surface area contributed by atoms with Gasteiger partial charge in [-0.2, -0.15) is 0 Å². The minimum Gasteiger partial charge on any atom is -0.356 e. The highest BCUT2D eigenvalue weighted by Crippen LogP contribution is 2.11. The Balaban J connectivity index is 2.33. The molecule has 0 spiro atoms. The summed E-state index contributed by atoms with van der Waals surface area (Å²) in [6, 6.07) is 6.25. The molecule has 0 atom stereocenters. The van der Waals surface area contributed by atoms with Gasteiger partial charge < -0.3 is 5.32 Å². The van der Waals surface area contributed by atoms with Gasteiger partial charge in [0.05, 0.1) is 6.42 Å². The molecule has 0 aliphatic rings. The van der Waals surface area contributed by atoms with Gasteiger partial charge >= 0.3 is 0 Å². The van der Waals surface area contributed by atoms with E-state index in [1.54, 1.807) is 0 Å². The van der Waals surface area contributed by atoms with Crippen LogP contribution in [0.1, 0.15) is 36.0 Å². The van der Waals surface area contributed by atoms with Crippen LogP contribution >= 0.6 is 15.9 Å². The zero-order valence-electron chi connectivity index (χ0n) is 11.3. The fourth-order valence-corrected chi connectivity index (χ4v) is 2.25. The van der Waals surface area contributed by atoms with E-state index in [9.17, 15) is 4.79 Å². The smallest absolute Gasteiger partial charge is 0.224 e. The molecule has 0 unspecified atom stereocenters. The van der Waals surface area contributed by atoms with E-state index >= 15 is 0 Å². The van der Waals surface area contributed by atoms with Crippen molar-refractivity contribution in [3.8, 4) is 0 Å². The van der Waals surface area contributed by atoms with Crippen LogP contribution in [0.4, 0.5) is 0 Å². The van der Waals surface area contributed by atoms with Crippen molar-refractivity contribution < 1.29 is 4.79 Å². The van der Waals surface area contributed by atoms with Crippen molar-refractivity contribution in [1.29, 1.82) is 0 Å². The van der Waals surface area contributed by atoms with Crippen molar-refractivity contribution in [2.24, 2.45) is 0 Å². The summed E-state index contributed by atoms with van der Waals surface area (Å²) in [5, 5.41) is 4.03. The highest BCUT2D eigenvalue weighted by molar-refractivity contribution is 9.09. The normalized spacial score (nSPS) is 10.4. The largest absolute Gasteiger partial charge is 0.356 e.